The van der Waals surface area contributed by atoms with Gasteiger partial charge in [-0.25, -0.2) is 0 Å². The number of benzene rings is 1. The van der Waals surface area contributed by atoms with E-state index in [0.717, 1.165) is 19.3 Å². The van der Waals surface area contributed by atoms with E-state index in [1.807, 2.05) is 6.07 Å². The topological polar surface area (TPSA) is 26.3 Å². The zero-order valence-corrected chi connectivity index (χ0v) is 12.2. The van der Waals surface area contributed by atoms with Crippen LogP contribution in [0.3, 0.4) is 0 Å². The molecule has 0 saturated heterocycles. The molecule has 1 atom stereocenters. The normalized spacial score (nSPS) is 19.0. The van der Waals surface area contributed by atoms with Gasteiger partial charge in [-0.2, -0.15) is 0 Å². The third kappa shape index (κ3) is 3.59. The van der Waals surface area contributed by atoms with Crippen LogP contribution in [0.2, 0.25) is 0 Å². The predicted molar refractivity (Wildman–Crippen MR) is 69.3 cm³/mol. The number of hydrogen-bond acceptors (Lipinski definition) is 2. The van der Waals surface area contributed by atoms with Gasteiger partial charge in [-0.15, -0.1) is 0 Å². The van der Waals surface area contributed by atoms with E-state index in [1.165, 1.54) is 7.23 Å². The second kappa shape index (κ2) is 6.23. The van der Waals surface area contributed by atoms with E-state index in [2.05, 4.69) is 31.2 Å². The van der Waals surface area contributed by atoms with E-state index in [1.54, 1.807) is 6.08 Å². The van der Waals surface area contributed by atoms with E-state index in [9.17, 15) is 4.79 Å². The molecule has 2 rings (SSSR count). The van der Waals surface area contributed by atoms with Crippen LogP contribution in [0, 0.1) is 0 Å². The van der Waals surface area contributed by atoms with E-state index in [-0.39, 0.29) is 12.1 Å². The molecule has 1 aromatic rings. The molecular weight excluding hydrogens is 328 g/mol. The summed E-state index contributed by atoms with van der Waals surface area (Å²) in [5.74, 6) is -0.151. The Kier molecular flexibility index (Phi) is 4.65. The van der Waals surface area contributed by atoms with Crippen molar-refractivity contribution >= 4 is 30.5 Å². The van der Waals surface area contributed by atoms with Crippen molar-refractivity contribution in [2.45, 2.75) is 32.3 Å². The molecule has 0 amide bonds. The van der Waals surface area contributed by atoms with E-state index in [0.29, 0.717) is 0 Å². The summed E-state index contributed by atoms with van der Waals surface area (Å²) in [6.07, 6.45) is 5.02. The maximum atomic E-state index is 11.3. The summed E-state index contributed by atoms with van der Waals surface area (Å²) in [5.41, 5.74) is 0. The van der Waals surface area contributed by atoms with Gasteiger partial charge in [-0.05, 0) is 0 Å². The maximum absolute atomic E-state index is 11.3. The van der Waals surface area contributed by atoms with Crippen LogP contribution < -0.4 is 3.61 Å². The molecule has 1 unspecified atom stereocenters. The van der Waals surface area contributed by atoms with Gasteiger partial charge in [0.05, 0.1) is 0 Å². The Morgan fingerprint density at radius 3 is 2.76 bits per heavy atom. The zero-order chi connectivity index (χ0) is 12.1. The van der Waals surface area contributed by atoms with Gasteiger partial charge in [-0.1, -0.05) is 0 Å². The van der Waals surface area contributed by atoms with Gasteiger partial charge in [0.25, 0.3) is 0 Å². The first-order valence-electron chi connectivity index (χ1n) is 5.94. The Hall–Kier alpha value is -0.780. The predicted octanol–water partition coefficient (Wildman–Crippen LogP) is 2.02. The van der Waals surface area contributed by atoms with Crippen LogP contribution >= 0.6 is 0 Å². The molecule has 17 heavy (non-hydrogen) atoms. The van der Waals surface area contributed by atoms with Gasteiger partial charge in [0.1, 0.15) is 0 Å². The van der Waals surface area contributed by atoms with Crippen molar-refractivity contribution in [3.8, 4) is 0 Å². The number of carbonyl (C=O) groups is 1. The van der Waals surface area contributed by atoms with Crippen LogP contribution in [-0.2, 0) is 9.53 Å². The van der Waals surface area contributed by atoms with Crippen LogP contribution in [-0.4, -0.2) is 33.0 Å². The first-order chi connectivity index (χ1) is 8.29. The summed E-state index contributed by atoms with van der Waals surface area (Å²) in [6.45, 7) is 2.16. The molecule has 1 aromatic carbocycles. The Bertz CT molecular complexity index is 411. The molecule has 0 fully saturated rings. The zero-order valence-electron chi connectivity index (χ0n) is 9.89. The molecule has 0 saturated carbocycles. The van der Waals surface area contributed by atoms with Crippen LogP contribution in [0.25, 0.3) is 0 Å². The molecule has 0 bridgehead atoms. The Balaban J connectivity index is 2.02. The molecule has 0 radical (unpaired) electrons. The number of carbonyl (C=O) groups excluding carboxylic acids is 1. The molecule has 0 aromatic heterocycles. The van der Waals surface area contributed by atoms with Crippen molar-refractivity contribution in [1.29, 1.82) is 0 Å². The van der Waals surface area contributed by atoms with Gasteiger partial charge < -0.3 is 0 Å². The summed E-state index contributed by atoms with van der Waals surface area (Å²) in [4.78, 5) is 11.3. The minimum atomic E-state index is -0.441. The molecule has 90 valence electrons. The number of cyclic esters (lactones) is 1. The van der Waals surface area contributed by atoms with E-state index < -0.39 is 20.9 Å². The van der Waals surface area contributed by atoms with E-state index in [4.69, 9.17) is 4.74 Å². The molecule has 0 spiro atoms. The van der Waals surface area contributed by atoms with Crippen LogP contribution in [0.1, 0.15) is 26.2 Å². The summed E-state index contributed by atoms with van der Waals surface area (Å²) >= 11 is -0.441. The molecule has 1 heterocycles. The van der Waals surface area contributed by atoms with Crippen molar-refractivity contribution in [1.82, 2.24) is 0 Å². The summed E-state index contributed by atoms with van der Waals surface area (Å²) in [5, 5.41) is 0. The van der Waals surface area contributed by atoms with Crippen LogP contribution in [0.5, 0.6) is 0 Å². The Labute approximate surface area is 112 Å². The third-order valence-corrected chi connectivity index (χ3v) is 5.84. The molecule has 1 aliphatic heterocycles. The number of unbranched alkanes of at least 4 members (excludes halogenated alkanes) is 1. The quantitative estimate of drug-likeness (QED) is 0.604. The minimum absolute atomic E-state index is 0.0602. The summed E-state index contributed by atoms with van der Waals surface area (Å²) in [6, 6.07) is 10.4. The van der Waals surface area contributed by atoms with E-state index >= 15 is 0 Å². The molecule has 1 aliphatic rings. The fourth-order valence-corrected chi connectivity index (χ4v) is 4.66. The van der Waals surface area contributed by atoms with Crippen LogP contribution in [0.4, 0.5) is 0 Å². The van der Waals surface area contributed by atoms with Gasteiger partial charge in [0, 0.05) is 0 Å². The summed E-state index contributed by atoms with van der Waals surface area (Å²) in [7, 11) is 0. The number of rotatable bonds is 5. The molecule has 0 N–H and O–H groups in total. The molecule has 0 aliphatic carbocycles. The fraction of sp³-hybridized carbons (Fsp3) is 0.357. The molecule has 3 heteroatoms. The average molecular weight is 344 g/mol. The Morgan fingerprint density at radius 2 is 2.06 bits per heavy atom. The van der Waals surface area contributed by atoms with Crippen LogP contribution in [0.15, 0.2) is 40.0 Å². The van der Waals surface area contributed by atoms with Crippen molar-refractivity contribution < 1.29 is 9.53 Å². The summed E-state index contributed by atoms with van der Waals surface area (Å²) < 4.78 is 7.96. The monoisotopic (exact) mass is 346 g/mol. The first-order valence-corrected chi connectivity index (χ1v) is 8.27. The molecular formula is C14H16O2Te. The van der Waals surface area contributed by atoms with Crippen molar-refractivity contribution in [2.75, 3.05) is 0 Å². The number of esters is 1. The number of hydrogen-bond donors (Lipinski definition) is 0. The van der Waals surface area contributed by atoms with Gasteiger partial charge in [-0.3, -0.25) is 0 Å². The second-order valence-electron chi connectivity index (χ2n) is 4.03. The van der Waals surface area contributed by atoms with Crippen molar-refractivity contribution in [3.05, 3.63) is 40.0 Å². The first kappa shape index (κ1) is 12.7. The third-order valence-electron chi connectivity index (χ3n) is 2.63. The Morgan fingerprint density at radius 1 is 1.29 bits per heavy atom. The van der Waals surface area contributed by atoms with Gasteiger partial charge in [0.2, 0.25) is 0 Å². The average Bonchev–Trinajstić information content (AvgIpc) is 2.68. The molecule has 2 nitrogen and oxygen atoms in total. The van der Waals surface area contributed by atoms with Gasteiger partial charge >= 0.3 is 112 Å². The van der Waals surface area contributed by atoms with Crippen molar-refractivity contribution in [2.24, 2.45) is 0 Å². The standard InChI is InChI=1S/C14H16O2Te/c1-2-3-9-12-13(10-14(15)16-12)17-11-7-5-4-6-8-11/h4-8,10,12H,2-3,9H2,1H3. The SMILES string of the molecule is CCCCC1OC(=O)C=C1[Te]c1ccccc1. The van der Waals surface area contributed by atoms with Crippen molar-refractivity contribution in [3.63, 3.8) is 0 Å². The number of ether oxygens (including phenoxy) is 1. The fourth-order valence-electron chi connectivity index (χ4n) is 1.75. The van der Waals surface area contributed by atoms with Gasteiger partial charge in [0.15, 0.2) is 0 Å². The second-order valence-corrected chi connectivity index (χ2v) is 7.30.